The number of hydrogen-bond acceptors (Lipinski definition) is 6. The Kier molecular flexibility index (Phi) is 5.13. The Labute approximate surface area is 171 Å². The highest BCUT2D eigenvalue weighted by Gasteiger charge is 2.55. The lowest BCUT2D eigenvalue weighted by molar-refractivity contribution is -0.120. The molecule has 4 rings (SSSR count). The van der Waals surface area contributed by atoms with Crippen LogP contribution in [0.2, 0.25) is 0 Å². The van der Waals surface area contributed by atoms with Crippen molar-refractivity contribution in [1.29, 1.82) is 5.26 Å². The maximum atomic E-state index is 12.9. The minimum absolute atomic E-state index is 0.0661. The van der Waals surface area contributed by atoms with Crippen LogP contribution in [0.4, 0.5) is 5.69 Å². The summed E-state index contributed by atoms with van der Waals surface area (Å²) in [6, 6.07) is 8.81. The Hall–Kier alpha value is -2.72. The number of anilines is 1. The van der Waals surface area contributed by atoms with Gasteiger partial charge in [-0.25, -0.2) is 0 Å². The van der Waals surface area contributed by atoms with Crippen LogP contribution in [-0.4, -0.2) is 40.1 Å². The molecule has 3 atom stereocenters. The van der Waals surface area contributed by atoms with Crippen molar-refractivity contribution in [2.75, 3.05) is 18.4 Å². The van der Waals surface area contributed by atoms with E-state index in [0.29, 0.717) is 17.2 Å². The number of rotatable bonds is 5. The lowest BCUT2D eigenvalue weighted by Crippen LogP contribution is -2.42. The van der Waals surface area contributed by atoms with Crippen LogP contribution in [0, 0.1) is 17.2 Å². The summed E-state index contributed by atoms with van der Waals surface area (Å²) < 4.78 is 5.71. The molecule has 0 radical (unpaired) electrons. The van der Waals surface area contributed by atoms with Gasteiger partial charge in [0.25, 0.3) is 0 Å². The molecule has 1 aromatic carbocycles. The number of nitrogens with one attached hydrogen (secondary N) is 1. The van der Waals surface area contributed by atoms with Crippen LogP contribution in [0.1, 0.15) is 63.2 Å². The second-order valence-electron chi connectivity index (χ2n) is 8.64. The minimum Gasteiger partial charge on any atom is -0.339 e. The van der Waals surface area contributed by atoms with Gasteiger partial charge in [0.05, 0.1) is 23.1 Å². The predicted octanol–water partition coefficient (Wildman–Crippen LogP) is 3.45. The molecule has 1 saturated carbocycles. The molecule has 1 aliphatic carbocycles. The van der Waals surface area contributed by atoms with E-state index in [-0.39, 0.29) is 23.3 Å². The summed E-state index contributed by atoms with van der Waals surface area (Å²) in [5, 5.41) is 16.2. The Morgan fingerprint density at radius 2 is 2.24 bits per heavy atom. The third-order valence-corrected chi connectivity index (χ3v) is 6.47. The number of amides is 1. The van der Waals surface area contributed by atoms with E-state index in [1.807, 2.05) is 6.92 Å². The fourth-order valence-corrected chi connectivity index (χ4v) is 4.72. The molecular formula is C22H27N5O2. The van der Waals surface area contributed by atoms with Crippen molar-refractivity contribution in [2.45, 2.75) is 57.4 Å². The van der Waals surface area contributed by atoms with E-state index in [4.69, 9.17) is 14.8 Å². The molecule has 7 heteroatoms. The fraction of sp³-hybridized carbons (Fsp3) is 0.545. The molecule has 1 aromatic heterocycles. The van der Waals surface area contributed by atoms with E-state index in [2.05, 4.69) is 35.3 Å². The van der Waals surface area contributed by atoms with Crippen molar-refractivity contribution in [3.63, 3.8) is 0 Å². The monoisotopic (exact) mass is 393 g/mol. The molecule has 152 valence electrons. The number of likely N-dealkylation sites (tertiary alicyclic amines) is 1. The number of fused-ring (bicyclic) bond motifs is 1. The van der Waals surface area contributed by atoms with Crippen LogP contribution in [0.15, 0.2) is 28.8 Å². The number of aromatic nitrogens is 2. The van der Waals surface area contributed by atoms with Crippen molar-refractivity contribution >= 4 is 11.6 Å². The molecule has 1 N–H and O–H groups in total. The van der Waals surface area contributed by atoms with Gasteiger partial charge in [-0.3, -0.25) is 9.69 Å². The highest BCUT2D eigenvalue weighted by Crippen LogP contribution is 2.50. The first-order chi connectivity index (χ1) is 13.9. The van der Waals surface area contributed by atoms with Crippen LogP contribution >= 0.6 is 0 Å². The number of nitrogens with zero attached hydrogens (tertiary/aromatic N) is 4. The van der Waals surface area contributed by atoms with Gasteiger partial charge in [0.2, 0.25) is 11.8 Å². The maximum Gasteiger partial charge on any atom is 0.241 e. The summed E-state index contributed by atoms with van der Waals surface area (Å²) in [7, 11) is 0. The average molecular weight is 393 g/mol. The van der Waals surface area contributed by atoms with Gasteiger partial charge in [-0.15, -0.1) is 0 Å². The Bertz CT molecular complexity index is 947. The van der Waals surface area contributed by atoms with Gasteiger partial charge in [-0.2, -0.15) is 10.2 Å². The number of hydrogen-bond donors (Lipinski definition) is 1. The summed E-state index contributed by atoms with van der Waals surface area (Å²) in [5.74, 6) is 2.08. The highest BCUT2D eigenvalue weighted by molar-refractivity contribution is 5.94. The van der Waals surface area contributed by atoms with Crippen molar-refractivity contribution in [1.82, 2.24) is 15.0 Å². The molecule has 1 amide bonds. The molecule has 1 aliphatic heterocycles. The normalized spacial score (nSPS) is 25.0. The lowest BCUT2D eigenvalue weighted by atomic mass is 9.80. The summed E-state index contributed by atoms with van der Waals surface area (Å²) in [4.78, 5) is 19.8. The van der Waals surface area contributed by atoms with Gasteiger partial charge in [-0.1, -0.05) is 31.5 Å². The van der Waals surface area contributed by atoms with Gasteiger partial charge in [0.15, 0.2) is 5.82 Å². The molecule has 7 nitrogen and oxygen atoms in total. The molecule has 0 spiro atoms. The van der Waals surface area contributed by atoms with E-state index in [9.17, 15) is 4.79 Å². The molecule has 2 heterocycles. The first-order valence-electron chi connectivity index (χ1n) is 10.3. The van der Waals surface area contributed by atoms with E-state index in [1.54, 1.807) is 24.3 Å². The van der Waals surface area contributed by atoms with Gasteiger partial charge >= 0.3 is 0 Å². The average Bonchev–Trinajstić information content (AvgIpc) is 3.41. The molecule has 0 unspecified atom stereocenters. The molecular weight excluding hydrogens is 366 g/mol. The van der Waals surface area contributed by atoms with E-state index in [0.717, 1.165) is 44.1 Å². The van der Waals surface area contributed by atoms with Crippen LogP contribution in [0.25, 0.3) is 0 Å². The summed E-state index contributed by atoms with van der Waals surface area (Å²) in [6.45, 7) is 7.67. The molecule has 1 saturated heterocycles. The van der Waals surface area contributed by atoms with Crippen LogP contribution < -0.4 is 5.32 Å². The molecule has 29 heavy (non-hydrogen) atoms. The van der Waals surface area contributed by atoms with E-state index in [1.165, 1.54) is 0 Å². The Balaban J connectivity index is 1.49. The molecule has 2 fully saturated rings. The zero-order chi connectivity index (χ0) is 20.6. The topological polar surface area (TPSA) is 95.0 Å². The van der Waals surface area contributed by atoms with Crippen molar-refractivity contribution < 1.29 is 9.32 Å². The Morgan fingerprint density at radius 3 is 2.97 bits per heavy atom. The van der Waals surface area contributed by atoms with Gasteiger partial charge in [0.1, 0.15) is 0 Å². The lowest BCUT2D eigenvalue weighted by Gasteiger charge is -2.27. The first kappa shape index (κ1) is 19.6. The van der Waals surface area contributed by atoms with Gasteiger partial charge < -0.3 is 9.84 Å². The van der Waals surface area contributed by atoms with Crippen molar-refractivity contribution in [3.05, 3.63) is 41.5 Å². The van der Waals surface area contributed by atoms with Crippen LogP contribution in [-0.2, 0) is 10.2 Å². The maximum absolute atomic E-state index is 12.9. The number of benzene rings is 1. The number of nitriles is 1. The third-order valence-electron chi connectivity index (χ3n) is 6.47. The first-order valence-corrected chi connectivity index (χ1v) is 10.3. The van der Waals surface area contributed by atoms with Gasteiger partial charge in [-0.05, 0) is 43.9 Å². The summed E-state index contributed by atoms with van der Waals surface area (Å²) in [6.07, 6.45) is 3.29. The van der Waals surface area contributed by atoms with Crippen molar-refractivity contribution in [2.24, 2.45) is 5.92 Å². The van der Waals surface area contributed by atoms with Crippen LogP contribution in [0.5, 0.6) is 0 Å². The summed E-state index contributed by atoms with van der Waals surface area (Å²) >= 11 is 0. The van der Waals surface area contributed by atoms with E-state index < -0.39 is 0 Å². The molecule has 0 bridgehead atoms. The third kappa shape index (κ3) is 3.53. The summed E-state index contributed by atoms with van der Waals surface area (Å²) in [5.41, 5.74) is 1.03. The standard InChI is InChI=1S/C22H27N5O2/c1-14(2)19-25-21(29-26-19)22-9-5-7-17(22)12-27(13-22)15(3)20(28)24-18-8-4-6-16(10-18)11-23/h4,6,8,10,14-15,17H,5,7,9,12-13H2,1-3H3,(H,24,28)/t15-,17-,22-/m1/s1. The second-order valence-corrected chi connectivity index (χ2v) is 8.64. The molecule has 2 aromatic rings. The SMILES string of the molecule is CC(C)c1noc([C@@]23CCC[C@@H]2CN([C@H](C)C(=O)Nc2cccc(C#N)c2)C3)n1. The van der Waals surface area contributed by atoms with Gasteiger partial charge in [0, 0.05) is 24.7 Å². The van der Waals surface area contributed by atoms with Crippen molar-refractivity contribution in [3.8, 4) is 6.07 Å². The molecule has 2 aliphatic rings. The zero-order valence-electron chi connectivity index (χ0n) is 17.2. The zero-order valence-corrected chi connectivity index (χ0v) is 17.2. The van der Waals surface area contributed by atoms with Crippen LogP contribution in [0.3, 0.4) is 0 Å². The second kappa shape index (κ2) is 7.60. The fourth-order valence-electron chi connectivity index (χ4n) is 4.72. The van der Waals surface area contributed by atoms with E-state index >= 15 is 0 Å². The highest BCUT2D eigenvalue weighted by atomic mass is 16.5. The quantitative estimate of drug-likeness (QED) is 0.836. The predicted molar refractivity (Wildman–Crippen MR) is 108 cm³/mol. The smallest absolute Gasteiger partial charge is 0.241 e. The number of carbonyl (C=O) groups excluding carboxylic acids is 1. The number of carbonyl (C=O) groups is 1. The largest absolute Gasteiger partial charge is 0.339 e. The Morgan fingerprint density at radius 1 is 1.41 bits per heavy atom. The minimum atomic E-state index is -0.282.